The number of hydrogen-bond donors (Lipinski definition) is 0. The summed E-state index contributed by atoms with van der Waals surface area (Å²) in [5.41, 5.74) is 3.58. The van der Waals surface area contributed by atoms with E-state index in [1.807, 2.05) is 43.1 Å². The molecule has 2 heterocycles. The highest BCUT2D eigenvalue weighted by molar-refractivity contribution is 5.46. The quantitative estimate of drug-likeness (QED) is 0.516. The van der Waals surface area contributed by atoms with Crippen LogP contribution in [-0.2, 0) is 13.1 Å². The van der Waals surface area contributed by atoms with Gasteiger partial charge < -0.3 is 4.74 Å². The summed E-state index contributed by atoms with van der Waals surface area (Å²) in [6.45, 7) is 5.44. The van der Waals surface area contributed by atoms with E-state index in [4.69, 9.17) is 4.74 Å². The maximum atomic E-state index is 13.2. The zero-order chi connectivity index (χ0) is 22.5. The molecular weight excluding hydrogens is 414 g/mol. The standard InChI is InChI=1S/C24H28F2N4O2/c1-3-29-14-18(11-27-29)13-28-12-16(2)30(23(28)31)21-6-20(19-4-5-19)7-22(8-21)32-15-17-9-24(25,26)10-17/h6-8,11-12,14,17,19H,3-5,9-10,13,15H2,1-2H3. The molecule has 0 saturated heterocycles. The van der Waals surface area contributed by atoms with Gasteiger partial charge in [0, 0.05) is 55.0 Å². The van der Waals surface area contributed by atoms with Crippen molar-refractivity contribution in [3.8, 4) is 11.4 Å². The smallest absolute Gasteiger partial charge is 0.333 e. The Kier molecular flexibility index (Phi) is 5.18. The lowest BCUT2D eigenvalue weighted by Gasteiger charge is -2.34. The number of nitrogens with zero attached hydrogens (tertiary/aromatic N) is 4. The number of imidazole rings is 1. The van der Waals surface area contributed by atoms with Crippen LogP contribution >= 0.6 is 0 Å². The number of alkyl halides is 2. The zero-order valence-electron chi connectivity index (χ0n) is 18.4. The normalized spacial score (nSPS) is 18.0. The molecule has 0 amide bonds. The summed E-state index contributed by atoms with van der Waals surface area (Å²) in [6, 6.07) is 5.89. The molecule has 6 nitrogen and oxygen atoms in total. The number of benzene rings is 1. The van der Waals surface area contributed by atoms with E-state index in [0.717, 1.165) is 41.9 Å². The van der Waals surface area contributed by atoms with Gasteiger partial charge in [-0.2, -0.15) is 5.10 Å². The second-order valence-corrected chi connectivity index (χ2v) is 9.20. The first-order valence-corrected chi connectivity index (χ1v) is 11.3. The number of ether oxygens (including phenoxy) is 1. The van der Waals surface area contributed by atoms with Crippen molar-refractivity contribution in [2.24, 2.45) is 5.92 Å². The third kappa shape index (κ3) is 4.23. The van der Waals surface area contributed by atoms with Crippen molar-refractivity contribution in [1.29, 1.82) is 0 Å². The Balaban J connectivity index is 1.41. The largest absolute Gasteiger partial charge is 0.493 e. The number of hydrogen-bond acceptors (Lipinski definition) is 3. The maximum Gasteiger partial charge on any atom is 0.333 e. The molecular formula is C24H28F2N4O2. The third-order valence-electron chi connectivity index (χ3n) is 6.38. The van der Waals surface area contributed by atoms with Crippen molar-refractivity contribution in [2.75, 3.05) is 6.61 Å². The van der Waals surface area contributed by atoms with Crippen molar-refractivity contribution >= 4 is 0 Å². The Morgan fingerprint density at radius 1 is 1.19 bits per heavy atom. The van der Waals surface area contributed by atoms with Crippen LogP contribution in [0.4, 0.5) is 8.78 Å². The molecule has 2 fully saturated rings. The number of halogens is 2. The molecule has 8 heteroatoms. The van der Waals surface area contributed by atoms with Crippen LogP contribution in [0.25, 0.3) is 5.69 Å². The Morgan fingerprint density at radius 3 is 2.62 bits per heavy atom. The molecule has 0 spiro atoms. The summed E-state index contributed by atoms with van der Waals surface area (Å²) in [6.07, 6.45) is 7.60. The molecule has 0 N–H and O–H groups in total. The lowest BCUT2D eigenvalue weighted by Crippen LogP contribution is -2.38. The summed E-state index contributed by atoms with van der Waals surface area (Å²) in [4.78, 5) is 13.2. The third-order valence-corrected chi connectivity index (χ3v) is 6.38. The lowest BCUT2D eigenvalue weighted by molar-refractivity contribution is -0.119. The molecule has 0 atom stereocenters. The molecule has 2 saturated carbocycles. The Morgan fingerprint density at radius 2 is 1.97 bits per heavy atom. The van der Waals surface area contributed by atoms with E-state index in [-0.39, 0.29) is 31.1 Å². The van der Waals surface area contributed by atoms with Crippen molar-refractivity contribution in [1.82, 2.24) is 18.9 Å². The molecule has 0 unspecified atom stereocenters. The van der Waals surface area contributed by atoms with Gasteiger partial charge in [0.25, 0.3) is 0 Å². The van der Waals surface area contributed by atoms with Gasteiger partial charge in [-0.25, -0.2) is 13.6 Å². The van der Waals surface area contributed by atoms with E-state index in [1.165, 1.54) is 0 Å². The minimum Gasteiger partial charge on any atom is -0.493 e. The molecule has 170 valence electrons. The molecule has 5 rings (SSSR count). The van der Waals surface area contributed by atoms with Gasteiger partial charge in [0.1, 0.15) is 5.75 Å². The van der Waals surface area contributed by atoms with Crippen LogP contribution in [-0.4, -0.2) is 31.4 Å². The SMILES string of the molecule is CCn1cc(Cn2cc(C)n(-c3cc(OCC4CC(F)(F)C4)cc(C4CC4)c3)c2=O)cn1. The van der Waals surface area contributed by atoms with E-state index in [1.54, 1.807) is 15.3 Å². The fraction of sp³-hybridized carbons (Fsp3) is 0.500. The summed E-state index contributed by atoms with van der Waals surface area (Å²) >= 11 is 0. The van der Waals surface area contributed by atoms with Crippen LogP contribution in [0.3, 0.4) is 0 Å². The molecule has 0 radical (unpaired) electrons. The van der Waals surface area contributed by atoms with Crippen LogP contribution in [0.15, 0.2) is 41.6 Å². The van der Waals surface area contributed by atoms with Crippen LogP contribution in [0.2, 0.25) is 0 Å². The van der Waals surface area contributed by atoms with Crippen molar-refractivity contribution in [3.63, 3.8) is 0 Å². The Labute approximate surface area is 185 Å². The fourth-order valence-electron chi connectivity index (χ4n) is 4.49. The van der Waals surface area contributed by atoms with E-state index in [9.17, 15) is 13.6 Å². The van der Waals surface area contributed by atoms with E-state index in [2.05, 4.69) is 11.2 Å². The molecule has 0 aliphatic heterocycles. The second kappa shape index (κ2) is 7.90. The van der Waals surface area contributed by atoms with Gasteiger partial charge >= 0.3 is 5.69 Å². The monoisotopic (exact) mass is 442 g/mol. The van der Waals surface area contributed by atoms with Crippen LogP contribution in [0, 0.1) is 12.8 Å². The van der Waals surface area contributed by atoms with Gasteiger partial charge in [0.2, 0.25) is 5.92 Å². The average molecular weight is 443 g/mol. The molecule has 2 aromatic heterocycles. The van der Waals surface area contributed by atoms with E-state index < -0.39 is 5.92 Å². The van der Waals surface area contributed by atoms with E-state index >= 15 is 0 Å². The van der Waals surface area contributed by atoms with Crippen molar-refractivity contribution < 1.29 is 13.5 Å². The number of aromatic nitrogens is 4. The molecule has 2 aliphatic rings. The first-order valence-electron chi connectivity index (χ1n) is 11.3. The Bertz CT molecular complexity index is 1180. The van der Waals surface area contributed by atoms with Crippen molar-refractivity contribution in [2.45, 2.75) is 64.5 Å². The minimum absolute atomic E-state index is 0.113. The van der Waals surface area contributed by atoms with Gasteiger partial charge in [0.15, 0.2) is 0 Å². The number of aryl methyl sites for hydroxylation is 2. The molecule has 2 aliphatic carbocycles. The van der Waals surface area contributed by atoms with Crippen LogP contribution in [0.1, 0.15) is 55.3 Å². The highest BCUT2D eigenvalue weighted by atomic mass is 19.3. The topological polar surface area (TPSA) is 54.0 Å². The lowest BCUT2D eigenvalue weighted by atomic mass is 9.82. The van der Waals surface area contributed by atoms with Crippen LogP contribution < -0.4 is 10.4 Å². The maximum absolute atomic E-state index is 13.2. The summed E-state index contributed by atoms with van der Waals surface area (Å²) < 4.78 is 37.4. The molecule has 1 aromatic carbocycles. The summed E-state index contributed by atoms with van der Waals surface area (Å²) in [5, 5.41) is 4.28. The summed E-state index contributed by atoms with van der Waals surface area (Å²) in [5.74, 6) is -1.55. The Hall–Kier alpha value is -2.90. The molecule has 32 heavy (non-hydrogen) atoms. The molecule has 0 bridgehead atoms. The first-order chi connectivity index (χ1) is 15.3. The highest BCUT2D eigenvalue weighted by Crippen LogP contribution is 2.44. The second-order valence-electron chi connectivity index (χ2n) is 9.20. The van der Waals surface area contributed by atoms with Gasteiger partial charge in [-0.15, -0.1) is 0 Å². The van der Waals surface area contributed by atoms with Crippen molar-refractivity contribution in [3.05, 3.63) is 64.1 Å². The number of rotatable bonds is 8. The van der Waals surface area contributed by atoms with Gasteiger partial charge in [-0.05, 0) is 50.3 Å². The molecule has 3 aromatic rings. The van der Waals surface area contributed by atoms with Gasteiger partial charge in [-0.1, -0.05) is 0 Å². The predicted molar refractivity (Wildman–Crippen MR) is 117 cm³/mol. The predicted octanol–water partition coefficient (Wildman–Crippen LogP) is 4.51. The minimum atomic E-state index is -2.55. The average Bonchev–Trinajstić information content (AvgIpc) is 3.42. The van der Waals surface area contributed by atoms with Gasteiger partial charge in [0.05, 0.1) is 25.0 Å². The zero-order valence-corrected chi connectivity index (χ0v) is 18.4. The van der Waals surface area contributed by atoms with Gasteiger partial charge in [-0.3, -0.25) is 13.8 Å². The van der Waals surface area contributed by atoms with Crippen LogP contribution in [0.5, 0.6) is 5.75 Å². The first kappa shape index (κ1) is 21.0. The van der Waals surface area contributed by atoms with E-state index in [0.29, 0.717) is 18.2 Å². The highest BCUT2D eigenvalue weighted by Gasteiger charge is 2.45. The fourth-order valence-corrected chi connectivity index (χ4v) is 4.49. The summed E-state index contributed by atoms with van der Waals surface area (Å²) in [7, 11) is 0.